The van der Waals surface area contributed by atoms with E-state index in [9.17, 15) is 0 Å². The van der Waals surface area contributed by atoms with Gasteiger partial charge in [-0.2, -0.15) is 0 Å². The Morgan fingerprint density at radius 1 is 1.44 bits per heavy atom. The van der Waals surface area contributed by atoms with E-state index >= 15 is 0 Å². The minimum Gasteiger partial charge on any atom is -0.372 e. The van der Waals surface area contributed by atoms with Crippen LogP contribution in [-0.2, 0) is 11.2 Å². The van der Waals surface area contributed by atoms with Gasteiger partial charge in [0.05, 0.1) is 9.26 Å². The highest BCUT2D eigenvalue weighted by Gasteiger charge is 2.23. The topological polar surface area (TPSA) is 47.0 Å². The number of ether oxygens (including phenoxy) is 1. The highest BCUT2D eigenvalue weighted by Crippen LogP contribution is 2.29. The molecule has 1 unspecified atom stereocenters. The molecule has 1 saturated heterocycles. The fourth-order valence-corrected chi connectivity index (χ4v) is 2.86. The van der Waals surface area contributed by atoms with E-state index in [0.29, 0.717) is 5.92 Å². The van der Waals surface area contributed by atoms with E-state index < -0.39 is 0 Å². The molecule has 0 spiro atoms. The summed E-state index contributed by atoms with van der Waals surface area (Å²) in [6, 6.07) is 0. The first-order valence-corrected chi connectivity index (χ1v) is 7.55. The van der Waals surface area contributed by atoms with Crippen molar-refractivity contribution in [1.82, 2.24) is 9.97 Å². The van der Waals surface area contributed by atoms with Crippen LogP contribution in [0.4, 0.5) is 5.82 Å². The lowest BCUT2D eigenvalue weighted by Crippen LogP contribution is -2.12. The Morgan fingerprint density at radius 3 is 2.78 bits per heavy atom. The molecule has 0 radical (unpaired) electrons. The number of rotatable bonds is 4. The molecule has 1 N–H and O–H groups in total. The van der Waals surface area contributed by atoms with Crippen LogP contribution in [0.15, 0.2) is 0 Å². The highest BCUT2D eigenvalue weighted by atomic mass is 127. The van der Waals surface area contributed by atoms with Gasteiger partial charge in [-0.25, -0.2) is 9.97 Å². The quantitative estimate of drug-likeness (QED) is 0.837. The molecule has 1 fully saturated rings. The van der Waals surface area contributed by atoms with Crippen LogP contribution in [0.1, 0.15) is 44.3 Å². The number of hydrogen-bond acceptors (Lipinski definition) is 4. The number of anilines is 1. The average molecular weight is 361 g/mol. The van der Waals surface area contributed by atoms with Gasteiger partial charge in [-0.1, -0.05) is 13.8 Å². The maximum Gasteiger partial charge on any atom is 0.159 e. The van der Waals surface area contributed by atoms with E-state index in [2.05, 4.69) is 46.7 Å². The fraction of sp³-hybridized carbons (Fsp3) is 0.692. The van der Waals surface area contributed by atoms with Gasteiger partial charge in [0.2, 0.25) is 0 Å². The summed E-state index contributed by atoms with van der Waals surface area (Å²) in [6.07, 6.45) is 3.20. The van der Waals surface area contributed by atoms with Crippen molar-refractivity contribution in [3.8, 4) is 0 Å². The lowest BCUT2D eigenvalue weighted by molar-refractivity contribution is 0.105. The van der Waals surface area contributed by atoms with Crippen molar-refractivity contribution in [3.05, 3.63) is 15.1 Å². The molecule has 0 aromatic carbocycles. The van der Waals surface area contributed by atoms with Gasteiger partial charge in [0, 0.05) is 13.7 Å². The van der Waals surface area contributed by atoms with E-state index in [-0.39, 0.29) is 6.10 Å². The van der Waals surface area contributed by atoms with Crippen molar-refractivity contribution >= 4 is 28.4 Å². The van der Waals surface area contributed by atoms with E-state index in [0.717, 1.165) is 46.8 Å². The second kappa shape index (κ2) is 6.14. The van der Waals surface area contributed by atoms with E-state index in [1.807, 2.05) is 7.05 Å². The Morgan fingerprint density at radius 2 is 2.22 bits per heavy atom. The maximum absolute atomic E-state index is 5.68. The fourth-order valence-electron chi connectivity index (χ4n) is 2.13. The van der Waals surface area contributed by atoms with Crippen molar-refractivity contribution in [1.29, 1.82) is 0 Å². The molecule has 1 aromatic heterocycles. The summed E-state index contributed by atoms with van der Waals surface area (Å²) < 4.78 is 6.81. The molecule has 0 bridgehead atoms. The molecule has 2 heterocycles. The molecular weight excluding hydrogens is 341 g/mol. The molecule has 100 valence electrons. The number of halogens is 1. The van der Waals surface area contributed by atoms with Gasteiger partial charge < -0.3 is 10.1 Å². The molecule has 2 rings (SSSR count). The zero-order chi connectivity index (χ0) is 13.1. The molecule has 5 heteroatoms. The van der Waals surface area contributed by atoms with Crippen LogP contribution in [0.25, 0.3) is 0 Å². The van der Waals surface area contributed by atoms with Gasteiger partial charge in [-0.15, -0.1) is 0 Å². The second-order valence-electron chi connectivity index (χ2n) is 5.04. The normalized spacial score (nSPS) is 19.5. The monoisotopic (exact) mass is 361 g/mol. The summed E-state index contributed by atoms with van der Waals surface area (Å²) >= 11 is 2.33. The minimum atomic E-state index is 0.0833. The number of hydrogen-bond donors (Lipinski definition) is 1. The number of nitrogens with one attached hydrogen (secondary N) is 1. The maximum atomic E-state index is 5.68. The summed E-state index contributed by atoms with van der Waals surface area (Å²) in [5, 5.41) is 3.16. The number of nitrogens with zero attached hydrogens (tertiary/aromatic N) is 2. The molecule has 1 aliphatic rings. The van der Waals surface area contributed by atoms with Crippen molar-refractivity contribution < 1.29 is 4.74 Å². The first kappa shape index (κ1) is 14.0. The first-order valence-electron chi connectivity index (χ1n) is 6.47. The van der Waals surface area contributed by atoms with Crippen LogP contribution in [-0.4, -0.2) is 23.6 Å². The highest BCUT2D eigenvalue weighted by molar-refractivity contribution is 14.1. The summed E-state index contributed by atoms with van der Waals surface area (Å²) in [5.74, 6) is 2.36. The second-order valence-corrected chi connectivity index (χ2v) is 6.12. The van der Waals surface area contributed by atoms with Crippen LogP contribution >= 0.6 is 22.6 Å². The van der Waals surface area contributed by atoms with Gasteiger partial charge in [0.15, 0.2) is 5.82 Å². The van der Waals surface area contributed by atoms with Gasteiger partial charge in [-0.3, -0.25) is 0 Å². The Kier molecular flexibility index (Phi) is 4.77. The lowest BCUT2D eigenvalue weighted by atomic mass is 10.1. The van der Waals surface area contributed by atoms with Crippen LogP contribution < -0.4 is 5.32 Å². The Hall–Kier alpha value is -0.430. The van der Waals surface area contributed by atoms with Crippen LogP contribution in [0.3, 0.4) is 0 Å². The predicted molar refractivity (Wildman–Crippen MR) is 80.8 cm³/mol. The lowest BCUT2D eigenvalue weighted by Gasteiger charge is -2.15. The Balaban J connectivity index is 2.35. The van der Waals surface area contributed by atoms with Crippen molar-refractivity contribution in [2.24, 2.45) is 5.92 Å². The standard InChI is InChI=1S/C13H20IN3O/c1-8(2)7-9-11(14)13(15-3)17-12(16-9)10-5-4-6-18-10/h8,10H,4-7H2,1-3H3,(H,15,16,17). The Bertz CT molecular complexity index is 417. The van der Waals surface area contributed by atoms with E-state index in [1.165, 1.54) is 0 Å². The zero-order valence-corrected chi connectivity index (χ0v) is 13.3. The summed E-state index contributed by atoms with van der Waals surface area (Å²) in [7, 11) is 1.91. The van der Waals surface area contributed by atoms with Gasteiger partial charge >= 0.3 is 0 Å². The third kappa shape index (κ3) is 3.12. The largest absolute Gasteiger partial charge is 0.372 e. The zero-order valence-electron chi connectivity index (χ0n) is 11.2. The first-order chi connectivity index (χ1) is 8.61. The number of aromatic nitrogens is 2. The molecule has 1 aromatic rings. The molecule has 18 heavy (non-hydrogen) atoms. The van der Waals surface area contributed by atoms with Gasteiger partial charge in [0.25, 0.3) is 0 Å². The van der Waals surface area contributed by atoms with E-state index in [4.69, 9.17) is 9.72 Å². The minimum absolute atomic E-state index is 0.0833. The SMILES string of the molecule is CNc1nc(C2CCCO2)nc(CC(C)C)c1I. The predicted octanol–water partition coefficient (Wildman–Crippen LogP) is 3.17. The van der Waals surface area contributed by atoms with Crippen molar-refractivity contribution in [2.75, 3.05) is 19.0 Å². The smallest absolute Gasteiger partial charge is 0.159 e. The van der Waals surface area contributed by atoms with Gasteiger partial charge in [0.1, 0.15) is 11.9 Å². The van der Waals surface area contributed by atoms with E-state index in [1.54, 1.807) is 0 Å². The molecule has 4 nitrogen and oxygen atoms in total. The van der Waals surface area contributed by atoms with Crippen LogP contribution in [0.5, 0.6) is 0 Å². The molecular formula is C13H20IN3O. The average Bonchev–Trinajstić information content (AvgIpc) is 2.84. The van der Waals surface area contributed by atoms with Crippen molar-refractivity contribution in [2.45, 2.75) is 39.2 Å². The molecule has 0 amide bonds. The Labute approximate surface area is 122 Å². The summed E-state index contributed by atoms with van der Waals surface area (Å²) in [4.78, 5) is 9.31. The third-order valence-corrected chi connectivity index (χ3v) is 4.13. The third-order valence-electron chi connectivity index (χ3n) is 2.99. The summed E-state index contributed by atoms with van der Waals surface area (Å²) in [6.45, 7) is 5.25. The van der Waals surface area contributed by atoms with Crippen LogP contribution in [0, 0.1) is 9.49 Å². The molecule has 1 aliphatic heterocycles. The van der Waals surface area contributed by atoms with Gasteiger partial charge in [-0.05, 0) is 47.8 Å². The molecule has 1 atom stereocenters. The molecule has 0 saturated carbocycles. The summed E-state index contributed by atoms with van der Waals surface area (Å²) in [5.41, 5.74) is 1.13. The molecule has 0 aliphatic carbocycles. The van der Waals surface area contributed by atoms with Crippen LogP contribution in [0.2, 0.25) is 0 Å². The van der Waals surface area contributed by atoms with Crippen molar-refractivity contribution in [3.63, 3.8) is 0 Å².